The van der Waals surface area contributed by atoms with Gasteiger partial charge in [0.15, 0.2) is 0 Å². The third-order valence-corrected chi connectivity index (χ3v) is 2.58. The van der Waals surface area contributed by atoms with Crippen molar-refractivity contribution in [1.82, 2.24) is 0 Å². The molecule has 1 rings (SSSR count). The Bertz CT molecular complexity index is 266. The van der Waals surface area contributed by atoms with Crippen molar-refractivity contribution in [3.05, 3.63) is 29.8 Å². The van der Waals surface area contributed by atoms with Gasteiger partial charge in [0.1, 0.15) is 5.75 Å². The van der Waals surface area contributed by atoms with Gasteiger partial charge in [-0.05, 0) is 24.1 Å². The predicted molar refractivity (Wildman–Crippen MR) is 62.1 cm³/mol. The maximum Gasteiger partial charge on any atom is 0.118 e. The molecule has 0 aliphatic heterocycles. The lowest BCUT2D eigenvalue weighted by molar-refractivity contribution is 0.163. The largest absolute Gasteiger partial charge is 0.497 e. The van der Waals surface area contributed by atoms with Gasteiger partial charge in [0, 0.05) is 0 Å². The van der Waals surface area contributed by atoms with E-state index in [1.165, 1.54) is 12.8 Å². The zero-order chi connectivity index (χ0) is 11.1. The Labute approximate surface area is 91.9 Å². The van der Waals surface area contributed by atoms with Crippen molar-refractivity contribution in [2.45, 2.75) is 38.7 Å². The average molecular weight is 208 g/mol. The molecule has 2 heteroatoms. The Morgan fingerprint density at radius 1 is 1.20 bits per heavy atom. The van der Waals surface area contributed by atoms with Crippen molar-refractivity contribution in [3.8, 4) is 5.75 Å². The monoisotopic (exact) mass is 208 g/mol. The minimum atomic E-state index is -0.331. The second-order valence-electron chi connectivity index (χ2n) is 3.78. The van der Waals surface area contributed by atoms with Crippen LogP contribution in [0, 0.1) is 0 Å². The van der Waals surface area contributed by atoms with Gasteiger partial charge in [0.25, 0.3) is 0 Å². The first kappa shape index (κ1) is 12.1. The molecule has 0 amide bonds. The molecule has 15 heavy (non-hydrogen) atoms. The normalized spacial score (nSPS) is 12.5. The van der Waals surface area contributed by atoms with Crippen LogP contribution in [0.1, 0.15) is 44.3 Å². The van der Waals surface area contributed by atoms with Crippen molar-refractivity contribution in [3.63, 3.8) is 0 Å². The number of aliphatic hydroxyl groups excluding tert-OH is 1. The smallest absolute Gasteiger partial charge is 0.118 e. The summed E-state index contributed by atoms with van der Waals surface area (Å²) in [5, 5.41) is 9.87. The molecule has 1 aromatic rings. The number of unbranched alkanes of at least 4 members (excludes halogenated alkanes) is 2. The minimum Gasteiger partial charge on any atom is -0.497 e. The first-order chi connectivity index (χ1) is 7.27. The van der Waals surface area contributed by atoms with E-state index in [-0.39, 0.29) is 6.10 Å². The highest BCUT2D eigenvalue weighted by Crippen LogP contribution is 2.21. The molecule has 0 fully saturated rings. The molecule has 0 saturated heterocycles. The van der Waals surface area contributed by atoms with E-state index >= 15 is 0 Å². The van der Waals surface area contributed by atoms with Crippen molar-refractivity contribution in [1.29, 1.82) is 0 Å². The molecule has 2 nitrogen and oxygen atoms in total. The molecule has 0 unspecified atom stereocenters. The number of hydrogen-bond donors (Lipinski definition) is 1. The van der Waals surface area contributed by atoms with Crippen LogP contribution < -0.4 is 4.74 Å². The van der Waals surface area contributed by atoms with Crippen molar-refractivity contribution in [2.75, 3.05) is 7.11 Å². The highest BCUT2D eigenvalue weighted by atomic mass is 16.5. The molecule has 1 aromatic carbocycles. The average Bonchev–Trinajstić information content (AvgIpc) is 2.29. The molecule has 84 valence electrons. The van der Waals surface area contributed by atoms with E-state index in [0.717, 1.165) is 24.2 Å². The summed E-state index contributed by atoms with van der Waals surface area (Å²) in [5.74, 6) is 0.833. The number of rotatable bonds is 6. The van der Waals surface area contributed by atoms with E-state index in [9.17, 15) is 5.11 Å². The summed E-state index contributed by atoms with van der Waals surface area (Å²) in [4.78, 5) is 0. The summed E-state index contributed by atoms with van der Waals surface area (Å²) in [6, 6.07) is 7.63. The second kappa shape index (κ2) is 6.46. The van der Waals surface area contributed by atoms with E-state index in [0.29, 0.717) is 0 Å². The Hall–Kier alpha value is -1.02. The van der Waals surface area contributed by atoms with E-state index in [1.54, 1.807) is 7.11 Å². The summed E-state index contributed by atoms with van der Waals surface area (Å²) in [6.07, 6.45) is 3.98. The molecular weight excluding hydrogens is 188 g/mol. The summed E-state index contributed by atoms with van der Waals surface area (Å²) >= 11 is 0. The van der Waals surface area contributed by atoms with Crippen LogP contribution >= 0.6 is 0 Å². The van der Waals surface area contributed by atoms with Crippen LogP contribution in [0.4, 0.5) is 0 Å². The van der Waals surface area contributed by atoms with Crippen LogP contribution in [0.3, 0.4) is 0 Å². The number of aliphatic hydroxyl groups is 1. The molecule has 0 heterocycles. The molecule has 0 aliphatic carbocycles. The quantitative estimate of drug-likeness (QED) is 0.727. The zero-order valence-electron chi connectivity index (χ0n) is 9.57. The van der Waals surface area contributed by atoms with Crippen molar-refractivity contribution < 1.29 is 9.84 Å². The topological polar surface area (TPSA) is 29.5 Å². The number of hydrogen-bond acceptors (Lipinski definition) is 2. The fourth-order valence-corrected chi connectivity index (χ4v) is 1.58. The first-order valence-corrected chi connectivity index (χ1v) is 5.60. The van der Waals surface area contributed by atoms with Gasteiger partial charge in [0.2, 0.25) is 0 Å². The van der Waals surface area contributed by atoms with Gasteiger partial charge in [-0.2, -0.15) is 0 Å². The van der Waals surface area contributed by atoms with Crippen LogP contribution in [0.5, 0.6) is 5.75 Å². The highest BCUT2D eigenvalue weighted by molar-refractivity contribution is 5.28. The maximum absolute atomic E-state index is 9.87. The molecule has 0 bridgehead atoms. The highest BCUT2D eigenvalue weighted by Gasteiger charge is 2.06. The molecule has 0 aliphatic rings. The lowest BCUT2D eigenvalue weighted by atomic mass is 10.0. The van der Waals surface area contributed by atoms with E-state index in [2.05, 4.69) is 6.92 Å². The van der Waals surface area contributed by atoms with E-state index in [4.69, 9.17) is 4.74 Å². The van der Waals surface area contributed by atoms with Crippen LogP contribution in [-0.4, -0.2) is 12.2 Å². The van der Waals surface area contributed by atoms with Crippen LogP contribution in [0.25, 0.3) is 0 Å². The Balaban J connectivity index is 2.46. The zero-order valence-corrected chi connectivity index (χ0v) is 9.57. The molecule has 0 radical (unpaired) electrons. The third kappa shape index (κ3) is 3.92. The van der Waals surface area contributed by atoms with Crippen LogP contribution in [0.2, 0.25) is 0 Å². The number of benzene rings is 1. The predicted octanol–water partition coefficient (Wildman–Crippen LogP) is 3.31. The molecular formula is C13H20O2. The molecule has 1 atom stereocenters. The fraction of sp³-hybridized carbons (Fsp3) is 0.538. The SMILES string of the molecule is CCCCC[C@@H](O)c1ccc(OC)cc1. The van der Waals surface area contributed by atoms with Gasteiger partial charge in [-0.1, -0.05) is 38.3 Å². The number of methoxy groups -OCH3 is 1. The van der Waals surface area contributed by atoms with Gasteiger partial charge >= 0.3 is 0 Å². The standard InChI is InChI=1S/C13H20O2/c1-3-4-5-6-13(14)11-7-9-12(15-2)10-8-11/h7-10,13-14H,3-6H2,1-2H3/t13-/m1/s1. The summed E-state index contributed by atoms with van der Waals surface area (Å²) in [6.45, 7) is 2.17. The minimum absolute atomic E-state index is 0.331. The van der Waals surface area contributed by atoms with Gasteiger partial charge in [-0.3, -0.25) is 0 Å². The van der Waals surface area contributed by atoms with Gasteiger partial charge in [-0.25, -0.2) is 0 Å². The van der Waals surface area contributed by atoms with Gasteiger partial charge < -0.3 is 9.84 Å². The summed E-state index contributed by atoms with van der Waals surface area (Å²) < 4.78 is 5.07. The Morgan fingerprint density at radius 2 is 1.87 bits per heavy atom. The Morgan fingerprint density at radius 3 is 2.40 bits per heavy atom. The lowest BCUT2D eigenvalue weighted by Gasteiger charge is -2.10. The third-order valence-electron chi connectivity index (χ3n) is 2.58. The maximum atomic E-state index is 9.87. The second-order valence-corrected chi connectivity index (χ2v) is 3.78. The summed E-state index contributed by atoms with van der Waals surface area (Å²) in [5.41, 5.74) is 0.979. The molecule has 0 saturated carbocycles. The molecule has 0 spiro atoms. The Kier molecular flexibility index (Phi) is 5.19. The number of ether oxygens (including phenoxy) is 1. The summed E-state index contributed by atoms with van der Waals surface area (Å²) in [7, 11) is 1.65. The molecule has 0 aromatic heterocycles. The van der Waals surface area contributed by atoms with Crippen LogP contribution in [-0.2, 0) is 0 Å². The van der Waals surface area contributed by atoms with Gasteiger partial charge in [0.05, 0.1) is 13.2 Å². The first-order valence-electron chi connectivity index (χ1n) is 5.60. The van der Waals surface area contributed by atoms with E-state index < -0.39 is 0 Å². The lowest BCUT2D eigenvalue weighted by Crippen LogP contribution is -1.97. The molecule has 1 N–H and O–H groups in total. The van der Waals surface area contributed by atoms with Crippen molar-refractivity contribution in [2.24, 2.45) is 0 Å². The van der Waals surface area contributed by atoms with Crippen LogP contribution in [0.15, 0.2) is 24.3 Å². The van der Waals surface area contributed by atoms with E-state index in [1.807, 2.05) is 24.3 Å². The van der Waals surface area contributed by atoms with Crippen molar-refractivity contribution >= 4 is 0 Å². The fourth-order valence-electron chi connectivity index (χ4n) is 1.58. The van der Waals surface area contributed by atoms with Gasteiger partial charge in [-0.15, -0.1) is 0 Å².